The molecule has 1 aliphatic rings. The molecule has 0 radical (unpaired) electrons. The Morgan fingerprint density at radius 2 is 1.81 bits per heavy atom. The number of carbonyl (C=O) groups is 1. The fourth-order valence-electron chi connectivity index (χ4n) is 3.16. The summed E-state index contributed by atoms with van der Waals surface area (Å²) >= 11 is 0. The zero-order valence-corrected chi connectivity index (χ0v) is 16.0. The van der Waals surface area contributed by atoms with E-state index in [0.717, 1.165) is 6.42 Å². The van der Waals surface area contributed by atoms with Gasteiger partial charge in [0, 0.05) is 11.5 Å². The monoisotopic (exact) mass is 366 g/mol. The minimum Gasteiger partial charge on any atom is -0.462 e. The molecule has 2 rings (SSSR count). The Balaban J connectivity index is 1.76. The average Bonchev–Trinajstić information content (AvgIpc) is 2.65. The molecule has 0 spiro atoms. The number of unbranched alkanes of at least 4 members (excludes halogenated alkanes) is 5. The van der Waals surface area contributed by atoms with Gasteiger partial charge in [-0.3, -0.25) is 0 Å². The van der Waals surface area contributed by atoms with Gasteiger partial charge in [-0.1, -0.05) is 51.5 Å². The summed E-state index contributed by atoms with van der Waals surface area (Å²) in [6, 6.07) is 4.27. The number of hydrogen-bond acceptors (Lipinski definition) is 4. The van der Waals surface area contributed by atoms with Crippen LogP contribution in [0.3, 0.4) is 0 Å². The fraction of sp³-hybridized carbons (Fsp3) is 0.667. The average molecular weight is 366 g/mol. The smallest absolute Gasteiger partial charge is 0.338 e. The van der Waals surface area contributed by atoms with Crippen molar-refractivity contribution in [2.75, 3.05) is 19.8 Å². The Morgan fingerprint density at radius 1 is 1.12 bits per heavy atom. The van der Waals surface area contributed by atoms with Crippen LogP contribution >= 0.6 is 0 Å². The van der Waals surface area contributed by atoms with Crippen molar-refractivity contribution in [1.82, 2.24) is 0 Å². The van der Waals surface area contributed by atoms with E-state index in [0.29, 0.717) is 24.7 Å². The van der Waals surface area contributed by atoms with E-state index in [1.807, 2.05) is 0 Å². The van der Waals surface area contributed by atoms with Crippen LogP contribution in [-0.4, -0.2) is 25.8 Å². The van der Waals surface area contributed by atoms with Gasteiger partial charge in [0.2, 0.25) is 0 Å². The molecule has 1 aromatic rings. The predicted octanol–water partition coefficient (Wildman–Crippen LogP) is 5.41. The third kappa shape index (κ3) is 6.36. The molecule has 1 fully saturated rings. The minimum atomic E-state index is -0.702. The minimum absolute atomic E-state index is 0.199. The molecule has 5 heteroatoms. The van der Waals surface area contributed by atoms with Gasteiger partial charge in [-0.15, -0.1) is 0 Å². The highest BCUT2D eigenvalue weighted by Gasteiger charge is 2.26. The lowest BCUT2D eigenvalue weighted by atomic mass is 10.0. The van der Waals surface area contributed by atoms with E-state index in [9.17, 15) is 9.18 Å². The third-order valence-electron chi connectivity index (χ3n) is 4.70. The van der Waals surface area contributed by atoms with Gasteiger partial charge in [-0.25, -0.2) is 9.18 Å². The maximum absolute atomic E-state index is 14.3. The maximum atomic E-state index is 14.3. The summed E-state index contributed by atoms with van der Waals surface area (Å²) in [5, 5.41) is 0. The van der Waals surface area contributed by atoms with E-state index < -0.39 is 18.1 Å². The van der Waals surface area contributed by atoms with Crippen molar-refractivity contribution in [2.24, 2.45) is 5.92 Å². The normalized spacial score (nSPS) is 20.1. The van der Waals surface area contributed by atoms with Crippen molar-refractivity contribution in [3.8, 4) is 0 Å². The summed E-state index contributed by atoms with van der Waals surface area (Å²) < 4.78 is 30.6. The lowest BCUT2D eigenvalue weighted by molar-refractivity contribution is -0.207. The van der Waals surface area contributed by atoms with Crippen molar-refractivity contribution >= 4 is 5.97 Å². The van der Waals surface area contributed by atoms with Crippen LogP contribution in [0.5, 0.6) is 0 Å². The van der Waals surface area contributed by atoms with Crippen LogP contribution in [-0.2, 0) is 14.2 Å². The Hall–Kier alpha value is -1.46. The second-order valence-corrected chi connectivity index (χ2v) is 6.88. The number of hydrogen-bond donors (Lipinski definition) is 0. The van der Waals surface area contributed by atoms with Gasteiger partial charge < -0.3 is 14.2 Å². The number of halogens is 1. The zero-order chi connectivity index (χ0) is 18.8. The number of carbonyl (C=O) groups excluding carboxylic acids is 1. The van der Waals surface area contributed by atoms with Crippen LogP contribution < -0.4 is 0 Å². The molecule has 0 atom stereocenters. The van der Waals surface area contributed by atoms with E-state index in [-0.39, 0.29) is 12.2 Å². The standard InChI is InChI=1S/C21H31FO4/c1-3-5-6-7-8-9-10-16-14-25-21(26-15-16)18-12-11-17(13-19(18)22)20(23)24-4-2/h11-13,16,21H,3-10,14-15H2,1-2H3. The molecule has 0 aliphatic carbocycles. The summed E-state index contributed by atoms with van der Waals surface area (Å²) in [6.07, 6.45) is 8.02. The van der Waals surface area contributed by atoms with Crippen molar-refractivity contribution in [1.29, 1.82) is 0 Å². The molecule has 0 bridgehead atoms. The van der Waals surface area contributed by atoms with E-state index in [1.54, 1.807) is 19.1 Å². The molecular weight excluding hydrogens is 335 g/mol. The molecule has 1 saturated heterocycles. The molecule has 4 nitrogen and oxygen atoms in total. The van der Waals surface area contributed by atoms with E-state index >= 15 is 0 Å². The Labute approximate surface area is 156 Å². The van der Waals surface area contributed by atoms with Crippen molar-refractivity contribution in [2.45, 2.75) is 65.1 Å². The number of ether oxygens (including phenoxy) is 3. The zero-order valence-electron chi connectivity index (χ0n) is 16.0. The highest BCUT2D eigenvalue weighted by molar-refractivity contribution is 5.89. The summed E-state index contributed by atoms with van der Waals surface area (Å²) in [6.45, 7) is 5.36. The highest BCUT2D eigenvalue weighted by atomic mass is 19.1. The third-order valence-corrected chi connectivity index (χ3v) is 4.70. The Bertz CT molecular complexity index is 553. The fourth-order valence-corrected chi connectivity index (χ4v) is 3.16. The molecule has 0 amide bonds. The molecule has 146 valence electrons. The van der Waals surface area contributed by atoms with Gasteiger partial charge in [-0.05, 0) is 25.5 Å². The van der Waals surface area contributed by atoms with Gasteiger partial charge in [0.25, 0.3) is 0 Å². The van der Waals surface area contributed by atoms with Crippen molar-refractivity contribution in [3.63, 3.8) is 0 Å². The highest BCUT2D eigenvalue weighted by Crippen LogP contribution is 2.29. The quantitative estimate of drug-likeness (QED) is 0.410. The first-order valence-corrected chi connectivity index (χ1v) is 9.85. The van der Waals surface area contributed by atoms with Crippen LogP contribution in [0.15, 0.2) is 18.2 Å². The summed E-state index contributed by atoms with van der Waals surface area (Å²) in [5.41, 5.74) is 0.529. The first-order valence-electron chi connectivity index (χ1n) is 9.85. The Kier molecular flexibility index (Phi) is 9.06. The summed E-state index contributed by atoms with van der Waals surface area (Å²) in [4.78, 5) is 11.7. The molecule has 1 aliphatic heterocycles. The molecule has 0 unspecified atom stereocenters. The molecule has 0 N–H and O–H groups in total. The lowest BCUT2D eigenvalue weighted by Gasteiger charge is -2.30. The van der Waals surface area contributed by atoms with Crippen LogP contribution in [0.2, 0.25) is 0 Å². The predicted molar refractivity (Wildman–Crippen MR) is 98.5 cm³/mol. The summed E-state index contributed by atoms with van der Waals surface area (Å²) in [7, 11) is 0. The van der Waals surface area contributed by atoms with Gasteiger partial charge >= 0.3 is 5.97 Å². The van der Waals surface area contributed by atoms with Crippen LogP contribution in [0.25, 0.3) is 0 Å². The van der Waals surface area contributed by atoms with E-state index in [4.69, 9.17) is 14.2 Å². The van der Waals surface area contributed by atoms with Gasteiger partial charge in [0.1, 0.15) is 5.82 Å². The molecule has 1 heterocycles. The second kappa shape index (κ2) is 11.3. The van der Waals surface area contributed by atoms with Gasteiger partial charge in [-0.2, -0.15) is 0 Å². The topological polar surface area (TPSA) is 44.8 Å². The number of rotatable bonds is 10. The second-order valence-electron chi connectivity index (χ2n) is 6.88. The first-order chi connectivity index (χ1) is 12.7. The van der Waals surface area contributed by atoms with E-state index in [1.165, 1.54) is 44.6 Å². The van der Waals surface area contributed by atoms with Crippen molar-refractivity contribution < 1.29 is 23.4 Å². The molecular formula is C21H31FO4. The molecule has 0 aromatic heterocycles. The van der Waals surface area contributed by atoms with Crippen molar-refractivity contribution in [3.05, 3.63) is 35.1 Å². The van der Waals surface area contributed by atoms with Crippen LogP contribution in [0.4, 0.5) is 4.39 Å². The SMILES string of the molecule is CCCCCCCCC1COC(c2ccc(C(=O)OCC)cc2F)OC1. The first kappa shape index (κ1) is 20.8. The number of benzene rings is 1. The van der Waals surface area contributed by atoms with Gasteiger partial charge in [0.05, 0.1) is 25.4 Å². The van der Waals surface area contributed by atoms with Gasteiger partial charge in [0.15, 0.2) is 6.29 Å². The molecule has 0 saturated carbocycles. The van der Waals surface area contributed by atoms with Crippen LogP contribution in [0, 0.1) is 11.7 Å². The van der Waals surface area contributed by atoms with Crippen LogP contribution in [0.1, 0.15) is 81.0 Å². The lowest BCUT2D eigenvalue weighted by Crippen LogP contribution is -2.27. The largest absolute Gasteiger partial charge is 0.462 e. The summed E-state index contributed by atoms with van der Waals surface area (Å²) in [5.74, 6) is -0.656. The molecule has 26 heavy (non-hydrogen) atoms. The molecule has 1 aromatic carbocycles. The Morgan fingerprint density at radius 3 is 2.46 bits per heavy atom. The maximum Gasteiger partial charge on any atom is 0.338 e. The van der Waals surface area contributed by atoms with E-state index in [2.05, 4.69) is 6.92 Å². The number of esters is 1.